The van der Waals surface area contributed by atoms with Crippen molar-refractivity contribution in [2.24, 2.45) is 0 Å². The van der Waals surface area contributed by atoms with Crippen LogP contribution in [-0.4, -0.2) is 47.4 Å². The maximum Gasteiger partial charge on any atom is 0.350 e. The average Bonchev–Trinajstić information content (AvgIpc) is 2.87. The first-order valence-electron chi connectivity index (χ1n) is 7.55. The Kier molecular flexibility index (Phi) is 5.70. The van der Waals surface area contributed by atoms with Gasteiger partial charge in [0.1, 0.15) is 4.88 Å². The lowest BCUT2D eigenvalue weighted by Crippen LogP contribution is -2.44. The molecule has 7 nitrogen and oxygen atoms in total. The molecule has 1 saturated heterocycles. The Morgan fingerprint density at radius 2 is 2.13 bits per heavy atom. The molecule has 1 aliphatic heterocycles. The summed E-state index contributed by atoms with van der Waals surface area (Å²) < 4.78 is 4.67. The second-order valence-corrected chi connectivity index (χ2v) is 6.54. The van der Waals surface area contributed by atoms with E-state index in [1.54, 1.807) is 11.8 Å². The first-order valence-corrected chi connectivity index (χ1v) is 8.36. The predicted octanol–water partition coefficient (Wildman–Crippen LogP) is 1.97. The van der Waals surface area contributed by atoms with Gasteiger partial charge in [0.15, 0.2) is 5.13 Å². The number of carbonyl (C=O) groups excluding carboxylic acids is 3. The van der Waals surface area contributed by atoms with Gasteiger partial charge in [0.05, 0.1) is 12.8 Å². The maximum atomic E-state index is 12.2. The number of esters is 1. The molecule has 1 fully saturated rings. The van der Waals surface area contributed by atoms with E-state index in [2.05, 4.69) is 15.0 Å². The van der Waals surface area contributed by atoms with E-state index in [0.29, 0.717) is 22.2 Å². The number of methoxy groups -OCH3 is 1. The van der Waals surface area contributed by atoms with Crippen LogP contribution in [0, 0.1) is 6.92 Å². The van der Waals surface area contributed by atoms with Crippen molar-refractivity contribution < 1.29 is 19.1 Å². The highest BCUT2D eigenvalue weighted by molar-refractivity contribution is 7.17. The number of likely N-dealkylation sites (tertiary alicyclic amines) is 1. The van der Waals surface area contributed by atoms with E-state index in [1.165, 1.54) is 14.0 Å². The van der Waals surface area contributed by atoms with Gasteiger partial charge in [-0.1, -0.05) is 11.3 Å². The van der Waals surface area contributed by atoms with Crippen LogP contribution in [0.2, 0.25) is 0 Å². The van der Waals surface area contributed by atoms with Gasteiger partial charge in [-0.25, -0.2) is 9.78 Å². The van der Waals surface area contributed by atoms with Crippen LogP contribution in [0.4, 0.5) is 5.13 Å². The van der Waals surface area contributed by atoms with Crippen LogP contribution in [0.3, 0.4) is 0 Å². The number of aryl methyl sites for hydroxylation is 1. The number of aromatic nitrogens is 1. The summed E-state index contributed by atoms with van der Waals surface area (Å²) >= 11 is 1.09. The number of piperidine rings is 1. The molecule has 0 unspecified atom stereocenters. The fourth-order valence-corrected chi connectivity index (χ4v) is 3.64. The zero-order valence-electron chi connectivity index (χ0n) is 13.5. The lowest BCUT2D eigenvalue weighted by atomic mass is 9.99. The number of carbonyl (C=O) groups is 3. The third kappa shape index (κ3) is 4.28. The minimum atomic E-state index is -0.462. The van der Waals surface area contributed by atoms with Gasteiger partial charge in [-0.15, -0.1) is 0 Å². The van der Waals surface area contributed by atoms with E-state index in [4.69, 9.17) is 0 Å². The summed E-state index contributed by atoms with van der Waals surface area (Å²) in [6, 6.07) is -0.0672. The van der Waals surface area contributed by atoms with E-state index in [0.717, 1.165) is 30.6 Å². The summed E-state index contributed by atoms with van der Waals surface area (Å²) in [5.74, 6) is -0.663. The van der Waals surface area contributed by atoms with Gasteiger partial charge in [-0.05, 0) is 26.2 Å². The molecule has 1 aromatic heterocycles. The number of hydrogen-bond acceptors (Lipinski definition) is 6. The summed E-state index contributed by atoms with van der Waals surface area (Å²) in [5.41, 5.74) is 0.528. The number of amides is 2. The van der Waals surface area contributed by atoms with Crippen molar-refractivity contribution in [3.05, 3.63) is 10.6 Å². The SMILES string of the molecule is COC(=O)c1sc(NC(=O)C[C@@H]2CCCCN2C(C)=O)nc1C. The number of ether oxygens (including phenoxy) is 1. The van der Waals surface area contributed by atoms with Crippen LogP contribution in [0.15, 0.2) is 0 Å². The molecule has 0 aliphatic carbocycles. The van der Waals surface area contributed by atoms with Crippen LogP contribution in [0.1, 0.15) is 48.0 Å². The molecule has 2 amide bonds. The number of anilines is 1. The second kappa shape index (κ2) is 7.54. The zero-order chi connectivity index (χ0) is 17.0. The van der Waals surface area contributed by atoms with Gasteiger partial charge < -0.3 is 15.0 Å². The van der Waals surface area contributed by atoms with Gasteiger partial charge in [-0.2, -0.15) is 0 Å². The highest BCUT2D eigenvalue weighted by Gasteiger charge is 2.27. The molecule has 2 rings (SSSR count). The zero-order valence-corrected chi connectivity index (χ0v) is 14.4. The first kappa shape index (κ1) is 17.4. The molecule has 8 heteroatoms. The normalized spacial score (nSPS) is 17.7. The predicted molar refractivity (Wildman–Crippen MR) is 86.5 cm³/mol. The Morgan fingerprint density at radius 1 is 1.39 bits per heavy atom. The topological polar surface area (TPSA) is 88.6 Å². The Labute approximate surface area is 139 Å². The minimum absolute atomic E-state index is 0.000528. The lowest BCUT2D eigenvalue weighted by molar-refractivity contribution is -0.133. The summed E-state index contributed by atoms with van der Waals surface area (Å²) in [6.45, 7) is 3.93. The van der Waals surface area contributed by atoms with Crippen LogP contribution in [0.25, 0.3) is 0 Å². The summed E-state index contributed by atoms with van der Waals surface area (Å²) in [6.07, 6.45) is 3.07. The van der Waals surface area contributed by atoms with E-state index < -0.39 is 5.97 Å². The molecule has 0 aromatic carbocycles. The van der Waals surface area contributed by atoms with Gasteiger partial charge >= 0.3 is 5.97 Å². The van der Waals surface area contributed by atoms with Crippen molar-refractivity contribution in [3.63, 3.8) is 0 Å². The number of nitrogens with zero attached hydrogens (tertiary/aromatic N) is 2. The number of nitrogens with one attached hydrogen (secondary N) is 1. The molecule has 1 atom stereocenters. The molecule has 1 aromatic rings. The molecule has 0 bridgehead atoms. The average molecular weight is 339 g/mol. The molecular weight excluding hydrogens is 318 g/mol. The van der Waals surface area contributed by atoms with Crippen molar-refractivity contribution in [2.45, 2.75) is 45.6 Å². The Bertz CT molecular complexity index is 614. The Balaban J connectivity index is 1.99. The van der Waals surface area contributed by atoms with Gasteiger partial charge in [0, 0.05) is 25.9 Å². The maximum absolute atomic E-state index is 12.2. The van der Waals surface area contributed by atoms with Crippen molar-refractivity contribution in [1.82, 2.24) is 9.88 Å². The molecule has 1 aliphatic rings. The first-order chi connectivity index (χ1) is 10.9. The van der Waals surface area contributed by atoms with E-state index >= 15 is 0 Å². The molecule has 0 radical (unpaired) electrons. The van der Waals surface area contributed by atoms with Gasteiger partial charge in [0.2, 0.25) is 11.8 Å². The van der Waals surface area contributed by atoms with Gasteiger partial charge in [0.25, 0.3) is 0 Å². The third-order valence-corrected chi connectivity index (χ3v) is 4.92. The molecule has 23 heavy (non-hydrogen) atoms. The summed E-state index contributed by atoms with van der Waals surface area (Å²) in [7, 11) is 1.30. The minimum Gasteiger partial charge on any atom is -0.465 e. The van der Waals surface area contributed by atoms with Crippen LogP contribution >= 0.6 is 11.3 Å². The molecule has 2 heterocycles. The second-order valence-electron chi connectivity index (χ2n) is 5.54. The highest BCUT2D eigenvalue weighted by atomic mass is 32.1. The van der Waals surface area contributed by atoms with Crippen molar-refractivity contribution >= 4 is 34.3 Å². The van der Waals surface area contributed by atoms with Crippen LogP contribution in [0.5, 0.6) is 0 Å². The number of hydrogen-bond donors (Lipinski definition) is 1. The van der Waals surface area contributed by atoms with E-state index in [9.17, 15) is 14.4 Å². The van der Waals surface area contributed by atoms with E-state index in [-0.39, 0.29) is 24.3 Å². The largest absolute Gasteiger partial charge is 0.465 e. The lowest BCUT2D eigenvalue weighted by Gasteiger charge is -2.34. The molecular formula is C15H21N3O4S. The third-order valence-electron chi connectivity index (χ3n) is 3.87. The molecule has 126 valence electrons. The fourth-order valence-electron chi connectivity index (χ4n) is 2.74. The van der Waals surface area contributed by atoms with Crippen molar-refractivity contribution in [2.75, 3.05) is 19.0 Å². The van der Waals surface area contributed by atoms with Crippen molar-refractivity contribution in [1.29, 1.82) is 0 Å². The number of thiazole rings is 1. The van der Waals surface area contributed by atoms with Crippen LogP contribution in [-0.2, 0) is 14.3 Å². The van der Waals surface area contributed by atoms with Gasteiger partial charge in [-0.3, -0.25) is 9.59 Å². The van der Waals surface area contributed by atoms with Crippen molar-refractivity contribution in [3.8, 4) is 0 Å². The smallest absolute Gasteiger partial charge is 0.350 e. The summed E-state index contributed by atoms with van der Waals surface area (Å²) in [5, 5.41) is 3.08. The highest BCUT2D eigenvalue weighted by Crippen LogP contribution is 2.24. The molecule has 0 saturated carbocycles. The molecule has 1 N–H and O–H groups in total. The van der Waals surface area contributed by atoms with E-state index in [1.807, 2.05) is 0 Å². The number of rotatable bonds is 4. The summed E-state index contributed by atoms with van der Waals surface area (Å²) in [4.78, 5) is 41.7. The Hall–Kier alpha value is -1.96. The monoisotopic (exact) mass is 339 g/mol. The molecule has 0 spiro atoms. The quantitative estimate of drug-likeness (QED) is 0.847. The Morgan fingerprint density at radius 3 is 2.78 bits per heavy atom. The fraction of sp³-hybridized carbons (Fsp3) is 0.600. The van der Waals surface area contributed by atoms with Crippen LogP contribution < -0.4 is 5.32 Å². The standard InChI is InChI=1S/C15H21N3O4S/c1-9-13(14(21)22-3)23-15(16-9)17-12(20)8-11-6-4-5-7-18(11)10(2)19/h11H,4-8H2,1-3H3,(H,16,17,20)/t11-/m0/s1.